The molecule has 0 unspecified atom stereocenters. The molecule has 4 fully saturated rings. The number of hydrogen-bond acceptors (Lipinski definition) is 1. The highest BCUT2D eigenvalue weighted by atomic mass is 15.1. The molecule has 0 atom stereocenters. The van der Waals surface area contributed by atoms with E-state index >= 15 is 0 Å². The zero-order valence-electron chi connectivity index (χ0n) is 33.4. The normalized spacial score (nSPS) is 22.4. The number of hydrogen-bond donors (Lipinski definition) is 0. The fourth-order valence-corrected chi connectivity index (χ4v) is 13.4. The van der Waals surface area contributed by atoms with Gasteiger partial charge in [-0.05, 0) is 155 Å². The first-order valence-electron chi connectivity index (χ1n) is 22.0. The molecule has 15 rings (SSSR count). The fourth-order valence-electron chi connectivity index (χ4n) is 13.4. The average molecular weight is 770 g/mol. The van der Waals surface area contributed by atoms with Gasteiger partial charge in [-0.25, -0.2) is 4.98 Å². The second-order valence-electron chi connectivity index (χ2n) is 18.4. The molecule has 3 nitrogen and oxygen atoms in total. The lowest BCUT2D eigenvalue weighted by Gasteiger charge is -2.61. The third-order valence-electron chi connectivity index (χ3n) is 15.6. The summed E-state index contributed by atoms with van der Waals surface area (Å²) in [6, 6.07) is 63.6. The minimum Gasteiger partial charge on any atom is -0.309 e. The lowest BCUT2D eigenvalue weighted by Crippen LogP contribution is -2.55. The van der Waals surface area contributed by atoms with Crippen LogP contribution in [0.15, 0.2) is 176 Å². The third kappa shape index (κ3) is 4.42. The Labute approximate surface area is 349 Å². The Balaban J connectivity index is 0.902. The fraction of sp³-hybridized carbons (Fsp3) is 0.175. The predicted octanol–water partition coefficient (Wildman–Crippen LogP) is 14.3. The summed E-state index contributed by atoms with van der Waals surface area (Å²) in [5.41, 5.74) is 17.2. The van der Waals surface area contributed by atoms with Gasteiger partial charge in [-0.15, -0.1) is 0 Å². The van der Waals surface area contributed by atoms with Gasteiger partial charge in [0, 0.05) is 44.4 Å². The number of nitrogens with zero attached hydrogens (tertiary/aromatic N) is 3. The molecule has 3 heteroatoms. The maximum absolute atomic E-state index is 5.00. The zero-order chi connectivity index (χ0) is 39.1. The van der Waals surface area contributed by atoms with Gasteiger partial charge >= 0.3 is 0 Å². The van der Waals surface area contributed by atoms with Crippen molar-refractivity contribution in [1.29, 1.82) is 0 Å². The van der Waals surface area contributed by atoms with Gasteiger partial charge in [0.05, 0.1) is 22.1 Å². The minimum absolute atomic E-state index is 0.144. The minimum atomic E-state index is 0.144. The first-order valence-corrected chi connectivity index (χ1v) is 22.0. The molecule has 286 valence electrons. The monoisotopic (exact) mass is 769 g/mol. The van der Waals surface area contributed by atoms with Gasteiger partial charge < -0.3 is 4.57 Å². The molecule has 7 aromatic carbocycles. The SMILES string of the molecule is c1ccc(-c2ccc(-n3c4ccccc4c4cc(-c5ccc6c(c5)c5ccccc5n6-c5ccc6c(c5)C5(c7ccccc7-6)C6CC7CC(C6)CC5C7)ccc43)nc2)cc1. The number of rotatable bonds is 4. The van der Waals surface area contributed by atoms with E-state index in [1.165, 1.54) is 98.2 Å². The Morgan fingerprint density at radius 1 is 0.400 bits per heavy atom. The van der Waals surface area contributed by atoms with E-state index in [4.69, 9.17) is 4.98 Å². The predicted molar refractivity (Wildman–Crippen MR) is 247 cm³/mol. The maximum Gasteiger partial charge on any atom is 0.137 e. The van der Waals surface area contributed by atoms with Crippen LogP contribution in [0.5, 0.6) is 0 Å². The summed E-state index contributed by atoms with van der Waals surface area (Å²) in [5, 5.41) is 5.06. The Morgan fingerprint density at radius 3 is 1.65 bits per heavy atom. The molecule has 60 heavy (non-hydrogen) atoms. The Morgan fingerprint density at radius 2 is 0.967 bits per heavy atom. The van der Waals surface area contributed by atoms with Crippen LogP contribution >= 0.6 is 0 Å². The van der Waals surface area contributed by atoms with Crippen molar-refractivity contribution < 1.29 is 0 Å². The van der Waals surface area contributed by atoms with Crippen molar-refractivity contribution in [2.75, 3.05) is 0 Å². The Kier molecular flexibility index (Phi) is 6.73. The molecule has 4 saturated carbocycles. The molecule has 3 aromatic heterocycles. The highest BCUT2D eigenvalue weighted by Gasteiger charge is 2.61. The molecule has 0 aliphatic heterocycles. The Bertz CT molecular complexity index is 3350. The smallest absolute Gasteiger partial charge is 0.137 e. The van der Waals surface area contributed by atoms with Crippen molar-refractivity contribution in [3.63, 3.8) is 0 Å². The molecule has 5 aliphatic carbocycles. The lowest BCUT2D eigenvalue weighted by molar-refractivity contribution is -0.0399. The van der Waals surface area contributed by atoms with Gasteiger partial charge in [0.1, 0.15) is 5.82 Å². The van der Waals surface area contributed by atoms with Crippen LogP contribution in [0.1, 0.15) is 43.2 Å². The summed E-state index contributed by atoms with van der Waals surface area (Å²) in [5.74, 6) is 4.27. The molecule has 5 aliphatic rings. The van der Waals surface area contributed by atoms with E-state index in [0.29, 0.717) is 0 Å². The summed E-state index contributed by atoms with van der Waals surface area (Å²) in [4.78, 5) is 5.00. The second-order valence-corrected chi connectivity index (χ2v) is 18.4. The highest BCUT2D eigenvalue weighted by Crippen LogP contribution is 2.69. The van der Waals surface area contributed by atoms with Crippen LogP contribution in [0.4, 0.5) is 0 Å². The maximum atomic E-state index is 5.00. The molecule has 0 N–H and O–H groups in total. The molecule has 10 aromatic rings. The van der Waals surface area contributed by atoms with Crippen LogP contribution in [0.25, 0.3) is 88.5 Å². The van der Waals surface area contributed by atoms with Crippen molar-refractivity contribution in [1.82, 2.24) is 14.1 Å². The summed E-state index contributed by atoms with van der Waals surface area (Å²) >= 11 is 0. The zero-order valence-corrected chi connectivity index (χ0v) is 33.4. The van der Waals surface area contributed by atoms with E-state index in [1.807, 2.05) is 6.20 Å². The van der Waals surface area contributed by atoms with Crippen molar-refractivity contribution in [2.24, 2.45) is 23.7 Å². The number of aromatic nitrogens is 3. The van der Waals surface area contributed by atoms with E-state index in [2.05, 4.69) is 179 Å². The molecular weight excluding hydrogens is 727 g/mol. The quantitative estimate of drug-likeness (QED) is 0.175. The summed E-state index contributed by atoms with van der Waals surface area (Å²) in [6.45, 7) is 0. The largest absolute Gasteiger partial charge is 0.309 e. The number of benzene rings is 7. The van der Waals surface area contributed by atoms with Gasteiger partial charge in [-0.1, -0.05) is 109 Å². The molecule has 1 spiro atoms. The number of fused-ring (bicyclic) bond motifs is 9. The van der Waals surface area contributed by atoms with Crippen molar-refractivity contribution in [3.8, 4) is 44.9 Å². The van der Waals surface area contributed by atoms with Crippen molar-refractivity contribution >= 4 is 43.6 Å². The van der Waals surface area contributed by atoms with Crippen LogP contribution in [0.3, 0.4) is 0 Å². The van der Waals surface area contributed by atoms with Gasteiger partial charge in [-0.3, -0.25) is 4.57 Å². The van der Waals surface area contributed by atoms with Crippen molar-refractivity contribution in [2.45, 2.75) is 37.5 Å². The van der Waals surface area contributed by atoms with Crippen LogP contribution in [-0.2, 0) is 5.41 Å². The summed E-state index contributed by atoms with van der Waals surface area (Å²) in [7, 11) is 0. The van der Waals surface area contributed by atoms with E-state index in [9.17, 15) is 0 Å². The summed E-state index contributed by atoms with van der Waals surface area (Å²) < 4.78 is 4.86. The van der Waals surface area contributed by atoms with Gasteiger partial charge in [0.15, 0.2) is 0 Å². The van der Waals surface area contributed by atoms with Gasteiger partial charge in [0.25, 0.3) is 0 Å². The van der Waals surface area contributed by atoms with E-state index in [0.717, 1.165) is 46.1 Å². The van der Waals surface area contributed by atoms with Gasteiger partial charge in [0.2, 0.25) is 0 Å². The topological polar surface area (TPSA) is 22.8 Å². The third-order valence-corrected chi connectivity index (χ3v) is 15.6. The first-order chi connectivity index (χ1) is 29.7. The van der Waals surface area contributed by atoms with Crippen LogP contribution in [-0.4, -0.2) is 14.1 Å². The molecule has 3 heterocycles. The number of pyridine rings is 1. The van der Waals surface area contributed by atoms with Crippen LogP contribution in [0, 0.1) is 23.7 Å². The molecule has 4 bridgehead atoms. The molecule has 0 amide bonds. The van der Waals surface area contributed by atoms with Gasteiger partial charge in [-0.2, -0.15) is 0 Å². The van der Waals surface area contributed by atoms with Crippen LogP contribution in [0.2, 0.25) is 0 Å². The first kappa shape index (κ1) is 33.2. The second kappa shape index (κ2) is 12.2. The molecular formula is C57H43N3. The van der Waals surface area contributed by atoms with E-state index < -0.39 is 0 Å². The Hall–Kier alpha value is -6.71. The van der Waals surface area contributed by atoms with Crippen LogP contribution < -0.4 is 0 Å². The van der Waals surface area contributed by atoms with E-state index in [-0.39, 0.29) is 5.41 Å². The average Bonchev–Trinajstić information content (AvgIpc) is 3.92. The standard InChI is InChI=1S/C57H43N3/c1-2-10-37(11-3-1)40-20-25-56(58-34-40)60-53-17-9-6-14-47(53)49-32-39(19-24-55(49)60)38-18-23-54-48(31-38)46-13-5-8-16-52(46)59(54)43-21-22-45-44-12-4-7-15-50(44)57(51(45)33-43)41-27-35-26-36(29-41)30-42(57)28-35/h1-25,31-36,41-42H,26-30H2. The van der Waals surface area contributed by atoms with Crippen molar-refractivity contribution in [3.05, 3.63) is 187 Å². The molecule has 0 radical (unpaired) electrons. The lowest BCUT2D eigenvalue weighted by atomic mass is 9.43. The van der Waals surface area contributed by atoms with E-state index in [1.54, 1.807) is 11.1 Å². The highest BCUT2D eigenvalue weighted by molar-refractivity contribution is 6.12. The molecule has 0 saturated heterocycles. The summed E-state index contributed by atoms with van der Waals surface area (Å²) in [6.07, 6.45) is 9.05. The number of para-hydroxylation sites is 2.